The molecular formula is C17H19ClN4O5. The lowest BCUT2D eigenvalue weighted by Crippen LogP contribution is -2.37. The SMILES string of the molecule is C[C@@H](O)C[C@@H]1CCCN1C(=O)c1nn(-c2cc(Cl)ccc2[N+](=O)[O-])cc1O. The van der Waals surface area contributed by atoms with Crippen molar-refractivity contribution in [2.24, 2.45) is 0 Å². The molecule has 2 atom stereocenters. The van der Waals surface area contributed by atoms with Crippen LogP contribution in [-0.2, 0) is 0 Å². The molecule has 1 aromatic carbocycles. The largest absolute Gasteiger partial charge is 0.504 e. The Bertz CT molecular complexity index is 882. The van der Waals surface area contributed by atoms with Crippen LogP contribution in [0.3, 0.4) is 0 Å². The van der Waals surface area contributed by atoms with Gasteiger partial charge in [-0.05, 0) is 38.3 Å². The van der Waals surface area contributed by atoms with Gasteiger partial charge in [0, 0.05) is 23.7 Å². The maximum atomic E-state index is 12.8. The Kier molecular flexibility index (Phi) is 5.33. The van der Waals surface area contributed by atoms with E-state index >= 15 is 0 Å². The van der Waals surface area contributed by atoms with Gasteiger partial charge in [0.25, 0.3) is 11.6 Å². The van der Waals surface area contributed by atoms with Gasteiger partial charge >= 0.3 is 0 Å². The smallest absolute Gasteiger partial charge is 0.294 e. The van der Waals surface area contributed by atoms with Gasteiger partial charge in [0.1, 0.15) is 5.69 Å². The molecule has 1 aromatic heterocycles. The van der Waals surface area contributed by atoms with Gasteiger partial charge < -0.3 is 15.1 Å². The fourth-order valence-electron chi connectivity index (χ4n) is 3.35. The highest BCUT2D eigenvalue weighted by atomic mass is 35.5. The molecule has 3 rings (SSSR count). The van der Waals surface area contributed by atoms with Crippen molar-refractivity contribution < 1.29 is 19.9 Å². The number of hydrogen-bond donors (Lipinski definition) is 2. The lowest BCUT2D eigenvalue weighted by Gasteiger charge is -2.24. The van der Waals surface area contributed by atoms with Gasteiger partial charge in [-0.25, -0.2) is 4.68 Å². The lowest BCUT2D eigenvalue weighted by molar-refractivity contribution is -0.384. The Morgan fingerprint density at radius 2 is 2.26 bits per heavy atom. The molecule has 9 nitrogen and oxygen atoms in total. The van der Waals surface area contributed by atoms with Crippen LogP contribution in [0.1, 0.15) is 36.7 Å². The Morgan fingerprint density at radius 1 is 1.52 bits per heavy atom. The molecule has 2 aromatic rings. The van der Waals surface area contributed by atoms with E-state index in [0.29, 0.717) is 13.0 Å². The van der Waals surface area contributed by atoms with Crippen LogP contribution in [0, 0.1) is 10.1 Å². The Hall–Kier alpha value is -2.65. The summed E-state index contributed by atoms with van der Waals surface area (Å²) < 4.78 is 1.08. The van der Waals surface area contributed by atoms with Crippen molar-refractivity contribution in [2.45, 2.75) is 38.3 Å². The summed E-state index contributed by atoms with van der Waals surface area (Å²) in [5.41, 5.74) is -0.403. The number of nitro groups is 1. The number of halogens is 1. The zero-order valence-corrected chi connectivity index (χ0v) is 15.3. The number of nitro benzene ring substituents is 1. The van der Waals surface area contributed by atoms with Gasteiger partial charge in [-0.2, -0.15) is 5.10 Å². The summed E-state index contributed by atoms with van der Waals surface area (Å²) in [5.74, 6) is -0.851. The highest BCUT2D eigenvalue weighted by Crippen LogP contribution is 2.30. The van der Waals surface area contributed by atoms with Crippen LogP contribution in [0.5, 0.6) is 5.75 Å². The van der Waals surface area contributed by atoms with Crippen LogP contribution >= 0.6 is 11.6 Å². The van der Waals surface area contributed by atoms with Crippen molar-refractivity contribution in [1.29, 1.82) is 0 Å². The average molecular weight is 395 g/mol. The lowest BCUT2D eigenvalue weighted by atomic mass is 10.1. The van der Waals surface area contributed by atoms with Crippen LogP contribution in [0.4, 0.5) is 5.69 Å². The molecule has 1 aliphatic rings. The molecule has 0 radical (unpaired) electrons. The highest BCUT2D eigenvalue weighted by Gasteiger charge is 2.33. The van der Waals surface area contributed by atoms with E-state index in [1.165, 1.54) is 18.2 Å². The second kappa shape index (κ2) is 7.53. The third-order valence-electron chi connectivity index (χ3n) is 4.53. The maximum absolute atomic E-state index is 12.8. The standard InChI is InChI=1S/C17H19ClN4O5/c1-10(23)7-12-3-2-6-20(12)17(25)16-15(24)9-21(19-16)14-8-11(18)4-5-13(14)22(26)27/h4-5,8-10,12,23-24H,2-3,6-7H2,1H3/t10-,12+/m1/s1. The zero-order valence-electron chi connectivity index (χ0n) is 14.6. The number of aromatic nitrogens is 2. The summed E-state index contributed by atoms with van der Waals surface area (Å²) in [4.78, 5) is 25.1. The monoisotopic (exact) mass is 394 g/mol. The number of likely N-dealkylation sites (tertiary alicyclic amines) is 1. The number of aliphatic hydroxyl groups is 1. The molecule has 0 unspecified atom stereocenters. The van der Waals surface area contributed by atoms with Gasteiger partial charge in [-0.3, -0.25) is 14.9 Å². The van der Waals surface area contributed by atoms with Crippen molar-refractivity contribution in [2.75, 3.05) is 6.54 Å². The molecule has 2 N–H and O–H groups in total. The normalized spacial score (nSPS) is 17.9. The Labute approximate surface area is 159 Å². The highest BCUT2D eigenvalue weighted by molar-refractivity contribution is 6.30. The topological polar surface area (TPSA) is 122 Å². The molecule has 27 heavy (non-hydrogen) atoms. The molecule has 10 heteroatoms. The van der Waals surface area contributed by atoms with Crippen LogP contribution in [0.15, 0.2) is 24.4 Å². The summed E-state index contributed by atoms with van der Waals surface area (Å²) in [6.07, 6.45) is 2.59. The third kappa shape index (κ3) is 3.88. The van der Waals surface area contributed by atoms with E-state index in [9.17, 15) is 25.1 Å². The van der Waals surface area contributed by atoms with E-state index in [-0.39, 0.29) is 33.9 Å². The maximum Gasteiger partial charge on any atom is 0.294 e. The Morgan fingerprint density at radius 3 is 2.93 bits per heavy atom. The number of aromatic hydroxyl groups is 1. The molecule has 1 aliphatic heterocycles. The van der Waals surface area contributed by atoms with E-state index in [0.717, 1.165) is 23.7 Å². The molecule has 0 aliphatic carbocycles. The minimum atomic E-state index is -0.592. The number of nitrogens with zero attached hydrogens (tertiary/aromatic N) is 4. The molecule has 144 valence electrons. The van der Waals surface area contributed by atoms with E-state index in [1.807, 2.05) is 0 Å². The molecular weight excluding hydrogens is 376 g/mol. The summed E-state index contributed by atoms with van der Waals surface area (Å²) in [6.45, 7) is 2.16. The Balaban J connectivity index is 1.95. The predicted molar refractivity (Wildman–Crippen MR) is 97.2 cm³/mol. The molecule has 0 bridgehead atoms. The molecule has 2 heterocycles. The van der Waals surface area contributed by atoms with Gasteiger partial charge in [0.2, 0.25) is 0 Å². The van der Waals surface area contributed by atoms with Crippen molar-refractivity contribution in [3.8, 4) is 11.4 Å². The number of amides is 1. The average Bonchev–Trinajstić information content (AvgIpc) is 3.20. The van der Waals surface area contributed by atoms with Crippen LogP contribution < -0.4 is 0 Å². The first kappa shape index (κ1) is 19.1. The van der Waals surface area contributed by atoms with Gasteiger partial charge in [0.15, 0.2) is 11.4 Å². The number of benzene rings is 1. The number of hydrogen-bond acceptors (Lipinski definition) is 6. The summed E-state index contributed by atoms with van der Waals surface area (Å²) >= 11 is 5.93. The first-order valence-electron chi connectivity index (χ1n) is 8.50. The molecule has 0 saturated carbocycles. The van der Waals surface area contributed by atoms with E-state index < -0.39 is 16.9 Å². The van der Waals surface area contributed by atoms with Crippen molar-refractivity contribution in [3.63, 3.8) is 0 Å². The van der Waals surface area contributed by atoms with E-state index in [1.54, 1.807) is 11.8 Å². The van der Waals surface area contributed by atoms with Crippen LogP contribution in [-0.4, -0.2) is 54.4 Å². The molecule has 0 spiro atoms. The van der Waals surface area contributed by atoms with E-state index in [4.69, 9.17) is 11.6 Å². The van der Waals surface area contributed by atoms with Gasteiger partial charge in [0.05, 0.1) is 17.2 Å². The van der Waals surface area contributed by atoms with Crippen molar-refractivity contribution in [3.05, 3.63) is 45.2 Å². The molecule has 1 amide bonds. The minimum absolute atomic E-state index is 0.0452. The fraction of sp³-hybridized carbons (Fsp3) is 0.412. The van der Waals surface area contributed by atoms with Crippen molar-refractivity contribution >= 4 is 23.2 Å². The number of rotatable bonds is 5. The first-order valence-corrected chi connectivity index (χ1v) is 8.87. The fourth-order valence-corrected chi connectivity index (χ4v) is 3.52. The predicted octanol–water partition coefficient (Wildman–Crippen LogP) is 2.52. The third-order valence-corrected chi connectivity index (χ3v) is 4.76. The minimum Gasteiger partial charge on any atom is -0.504 e. The van der Waals surface area contributed by atoms with Gasteiger partial charge in [-0.1, -0.05) is 11.6 Å². The summed E-state index contributed by atoms with van der Waals surface area (Å²) in [6, 6.07) is 3.81. The van der Waals surface area contributed by atoms with E-state index in [2.05, 4.69) is 5.10 Å². The molecule has 1 saturated heterocycles. The first-order chi connectivity index (χ1) is 12.8. The number of aliphatic hydroxyl groups excluding tert-OH is 1. The second-order valence-corrected chi connectivity index (χ2v) is 7.01. The summed E-state index contributed by atoms with van der Waals surface area (Å²) in [5, 5.41) is 35.4. The van der Waals surface area contributed by atoms with Crippen molar-refractivity contribution in [1.82, 2.24) is 14.7 Å². The number of carbonyl (C=O) groups excluding carboxylic acids is 1. The van der Waals surface area contributed by atoms with Gasteiger partial charge in [-0.15, -0.1) is 0 Å². The zero-order chi connectivity index (χ0) is 19.7. The van der Waals surface area contributed by atoms with Crippen LogP contribution in [0.2, 0.25) is 5.02 Å². The summed E-state index contributed by atoms with van der Waals surface area (Å²) in [7, 11) is 0. The quantitative estimate of drug-likeness (QED) is 0.593. The molecule has 1 fully saturated rings. The number of carbonyl (C=O) groups is 1. The second-order valence-electron chi connectivity index (χ2n) is 6.58. The van der Waals surface area contributed by atoms with Crippen LogP contribution in [0.25, 0.3) is 5.69 Å².